The summed E-state index contributed by atoms with van der Waals surface area (Å²) in [6.07, 6.45) is 1.74. The van der Waals surface area contributed by atoms with E-state index in [0.717, 1.165) is 21.0 Å². The van der Waals surface area contributed by atoms with E-state index in [4.69, 9.17) is 9.84 Å². The van der Waals surface area contributed by atoms with E-state index in [1.54, 1.807) is 23.5 Å². The van der Waals surface area contributed by atoms with Gasteiger partial charge in [0.2, 0.25) is 0 Å². The highest BCUT2D eigenvalue weighted by molar-refractivity contribution is 8.25. The normalized spacial score (nSPS) is 10.4. The maximum absolute atomic E-state index is 11.2. The zero-order valence-corrected chi connectivity index (χ0v) is 15.0. The molecule has 0 aliphatic rings. The number of aliphatic hydroxyl groups is 1. The van der Waals surface area contributed by atoms with Crippen molar-refractivity contribution in [3.05, 3.63) is 0 Å². The zero-order valence-electron chi connectivity index (χ0n) is 11.0. The van der Waals surface area contributed by atoms with Crippen LogP contribution in [0, 0.1) is 0 Å². The second kappa shape index (κ2) is 17.0. The molecule has 0 saturated carbocycles. The number of carbonyl (C=O) groups is 1. The van der Waals surface area contributed by atoms with Crippen molar-refractivity contribution in [1.82, 2.24) is 5.32 Å². The van der Waals surface area contributed by atoms with Gasteiger partial charge in [-0.2, -0.15) is 23.5 Å². The highest BCUT2D eigenvalue weighted by atomic mass is 32.2. The lowest BCUT2D eigenvalue weighted by molar-refractivity contribution is 0.155. The summed E-state index contributed by atoms with van der Waals surface area (Å²) in [5, 5.41) is 14.5. The first-order chi connectivity index (χ1) is 9.31. The first kappa shape index (κ1) is 20.0. The van der Waals surface area contributed by atoms with Gasteiger partial charge in [-0.1, -0.05) is 0 Å². The maximum Gasteiger partial charge on any atom is 0.407 e. The van der Waals surface area contributed by atoms with Crippen molar-refractivity contribution in [2.24, 2.45) is 0 Å². The van der Waals surface area contributed by atoms with Crippen LogP contribution in [0.1, 0.15) is 0 Å². The minimum absolute atomic E-state index is 0.167. The van der Waals surface area contributed by atoms with Gasteiger partial charge in [-0.25, -0.2) is 4.79 Å². The van der Waals surface area contributed by atoms with E-state index in [2.05, 4.69) is 11.6 Å². The minimum Gasteiger partial charge on any atom is -0.449 e. The fraction of sp³-hybridized carbons (Fsp3) is 0.900. The van der Waals surface area contributed by atoms with E-state index in [0.29, 0.717) is 18.2 Å². The molecular formula is C10H21NO3S5. The SMILES string of the molecule is CSCSCSCSCNC(=O)OCCSCCO. The number of aliphatic hydroxyl groups excluding tert-OH is 1. The molecule has 0 saturated heterocycles. The molecule has 4 nitrogen and oxygen atoms in total. The quantitative estimate of drug-likeness (QED) is 0.383. The highest BCUT2D eigenvalue weighted by Gasteiger charge is 2.00. The van der Waals surface area contributed by atoms with Gasteiger partial charge in [0.1, 0.15) is 6.61 Å². The molecule has 0 bridgehead atoms. The van der Waals surface area contributed by atoms with Crippen molar-refractivity contribution < 1.29 is 14.6 Å². The lowest BCUT2D eigenvalue weighted by Crippen LogP contribution is -2.24. The molecule has 0 spiro atoms. The lowest BCUT2D eigenvalue weighted by Gasteiger charge is -2.06. The van der Waals surface area contributed by atoms with Gasteiger partial charge in [-0.15, -0.1) is 35.3 Å². The summed E-state index contributed by atoms with van der Waals surface area (Å²) in [4.78, 5) is 11.2. The Balaban J connectivity index is 3.12. The Hall–Kier alpha value is 0.980. The van der Waals surface area contributed by atoms with Gasteiger partial charge in [0, 0.05) is 26.8 Å². The molecular weight excluding hydrogens is 342 g/mol. The molecule has 0 aliphatic heterocycles. The number of amides is 1. The van der Waals surface area contributed by atoms with Gasteiger partial charge in [0.25, 0.3) is 0 Å². The van der Waals surface area contributed by atoms with Crippen molar-refractivity contribution in [2.75, 3.05) is 52.1 Å². The molecule has 0 rings (SSSR count). The standard InChI is InChI=1S/C10H21NO3S5/c1-15-7-18-9-19-8-17-6-11-10(13)14-3-5-16-4-2-12/h12H,2-9H2,1H3,(H,11,13). The van der Waals surface area contributed by atoms with Gasteiger partial charge >= 0.3 is 6.09 Å². The summed E-state index contributed by atoms with van der Waals surface area (Å²) in [6, 6.07) is 0. The van der Waals surface area contributed by atoms with Crippen molar-refractivity contribution >= 4 is 64.9 Å². The number of rotatable bonds is 13. The Kier molecular flexibility index (Phi) is 17.9. The summed E-state index contributed by atoms with van der Waals surface area (Å²) in [5.41, 5.74) is 0. The van der Waals surface area contributed by atoms with Crippen LogP contribution in [-0.2, 0) is 4.74 Å². The van der Waals surface area contributed by atoms with Crippen LogP contribution in [0.25, 0.3) is 0 Å². The van der Waals surface area contributed by atoms with Crippen LogP contribution in [0.15, 0.2) is 0 Å². The van der Waals surface area contributed by atoms with E-state index in [1.165, 1.54) is 0 Å². The number of nitrogens with one attached hydrogen (secondary N) is 1. The van der Waals surface area contributed by atoms with Crippen molar-refractivity contribution in [3.8, 4) is 0 Å². The minimum atomic E-state index is -0.362. The van der Waals surface area contributed by atoms with Gasteiger partial charge in [-0.05, 0) is 6.26 Å². The second-order valence-electron chi connectivity index (χ2n) is 3.05. The van der Waals surface area contributed by atoms with Gasteiger partial charge in [0.05, 0.1) is 12.5 Å². The number of carbonyl (C=O) groups excluding carboxylic acids is 1. The van der Waals surface area contributed by atoms with Gasteiger partial charge in [-0.3, -0.25) is 0 Å². The predicted molar refractivity (Wildman–Crippen MR) is 94.7 cm³/mol. The van der Waals surface area contributed by atoms with Gasteiger partial charge in [0.15, 0.2) is 0 Å². The van der Waals surface area contributed by atoms with E-state index in [-0.39, 0.29) is 12.7 Å². The van der Waals surface area contributed by atoms with Crippen molar-refractivity contribution in [3.63, 3.8) is 0 Å². The monoisotopic (exact) mass is 363 g/mol. The molecule has 0 fully saturated rings. The van der Waals surface area contributed by atoms with Crippen LogP contribution in [0.5, 0.6) is 0 Å². The second-order valence-corrected chi connectivity index (χ2v) is 9.19. The van der Waals surface area contributed by atoms with Crippen molar-refractivity contribution in [2.45, 2.75) is 0 Å². The fourth-order valence-corrected chi connectivity index (χ4v) is 5.30. The zero-order chi connectivity index (χ0) is 14.2. The third-order valence-electron chi connectivity index (χ3n) is 1.55. The maximum atomic E-state index is 11.2. The Labute approximate surface area is 136 Å². The summed E-state index contributed by atoms with van der Waals surface area (Å²) in [6.45, 7) is 0.557. The topological polar surface area (TPSA) is 58.6 Å². The number of hydrogen-bond donors (Lipinski definition) is 2. The van der Waals surface area contributed by atoms with E-state index >= 15 is 0 Å². The van der Waals surface area contributed by atoms with Crippen LogP contribution < -0.4 is 5.32 Å². The molecule has 19 heavy (non-hydrogen) atoms. The Morgan fingerprint density at radius 2 is 1.84 bits per heavy atom. The first-order valence-corrected chi connectivity index (χ1v) is 11.6. The van der Waals surface area contributed by atoms with E-state index in [9.17, 15) is 4.79 Å². The predicted octanol–water partition coefficient (Wildman–Crippen LogP) is 2.83. The number of thioether (sulfide) groups is 5. The van der Waals surface area contributed by atoms with E-state index in [1.807, 2.05) is 35.3 Å². The summed E-state index contributed by atoms with van der Waals surface area (Å²) in [5.74, 6) is 2.00. The molecule has 114 valence electrons. The molecule has 0 heterocycles. The molecule has 9 heteroatoms. The molecule has 0 aliphatic carbocycles. The summed E-state index contributed by atoms with van der Waals surface area (Å²) in [7, 11) is 0. The van der Waals surface area contributed by atoms with Crippen LogP contribution >= 0.6 is 58.8 Å². The average molecular weight is 364 g/mol. The first-order valence-electron chi connectivity index (χ1n) is 5.62. The Morgan fingerprint density at radius 1 is 1.11 bits per heavy atom. The number of hydrogen-bond acceptors (Lipinski definition) is 8. The third kappa shape index (κ3) is 16.9. The fourth-order valence-electron chi connectivity index (χ4n) is 0.832. The van der Waals surface area contributed by atoms with Crippen molar-refractivity contribution in [1.29, 1.82) is 0 Å². The van der Waals surface area contributed by atoms with Crippen LogP contribution in [0.2, 0.25) is 0 Å². The van der Waals surface area contributed by atoms with Crippen LogP contribution in [-0.4, -0.2) is 63.3 Å². The van der Waals surface area contributed by atoms with Crippen LogP contribution in [0.4, 0.5) is 4.79 Å². The van der Waals surface area contributed by atoms with E-state index < -0.39 is 0 Å². The summed E-state index contributed by atoms with van der Waals surface area (Å²) >= 11 is 8.87. The van der Waals surface area contributed by atoms with Crippen LogP contribution in [0.3, 0.4) is 0 Å². The molecule has 0 aromatic carbocycles. The molecule has 0 unspecified atom stereocenters. The molecule has 1 amide bonds. The average Bonchev–Trinajstić information content (AvgIpc) is 2.41. The Morgan fingerprint density at radius 3 is 2.58 bits per heavy atom. The molecule has 0 aromatic rings. The molecule has 0 radical (unpaired) electrons. The number of alkyl carbamates (subject to hydrolysis) is 1. The highest BCUT2D eigenvalue weighted by Crippen LogP contribution is 2.19. The lowest BCUT2D eigenvalue weighted by atomic mass is 10.8. The Bertz CT molecular complexity index is 212. The molecule has 0 aromatic heterocycles. The largest absolute Gasteiger partial charge is 0.449 e. The molecule has 2 N–H and O–H groups in total. The smallest absolute Gasteiger partial charge is 0.407 e. The summed E-state index contributed by atoms with van der Waals surface area (Å²) < 4.78 is 4.97. The molecule has 0 atom stereocenters. The van der Waals surface area contributed by atoms with Gasteiger partial charge < -0.3 is 15.2 Å². The third-order valence-corrected chi connectivity index (χ3v) is 7.10. The number of ether oxygens (including phenoxy) is 1.